The molecule has 59 heavy (non-hydrogen) atoms. The second kappa shape index (κ2) is 22.2. The summed E-state index contributed by atoms with van der Waals surface area (Å²) >= 11 is 0. The molecular formula is C35H47F3N6O15. The Bertz CT molecular complexity index is 2120. The van der Waals surface area contributed by atoms with Crippen LogP contribution in [0.1, 0.15) is 86.4 Å². The molecular weight excluding hydrogens is 801 g/mol. The minimum Gasteiger partial charge on any atom is -0.438 e. The predicted molar refractivity (Wildman–Crippen MR) is 197 cm³/mol. The average molecular weight is 849 g/mol. The molecule has 0 atom stereocenters. The molecule has 1 aliphatic rings. The Labute approximate surface area is 333 Å². The van der Waals surface area contributed by atoms with Crippen LogP contribution in [-0.2, 0) is 38.1 Å². The largest absolute Gasteiger partial charge is 0.438 e. The SMILES string of the molecule is CC(C)(C)OCCNC(=O)n1cc(F)c(=O)[nH]c1=O.CC(C)(C)OCOC(=O)CCC(=O)n1cc(F)c(=O)[nH]c1=O.CC(C)(C)OCOC(=O)N1C=C(F)C(=O)CC1=O. The van der Waals surface area contributed by atoms with Crippen molar-refractivity contribution >= 4 is 35.7 Å². The molecule has 0 radical (unpaired) electrons. The Morgan fingerprint density at radius 3 is 1.68 bits per heavy atom. The van der Waals surface area contributed by atoms with Crippen molar-refractivity contribution in [1.82, 2.24) is 29.3 Å². The molecule has 328 valence electrons. The number of imide groups is 1. The number of nitrogens with zero attached hydrogens (tertiary/aromatic N) is 3. The number of Topliss-reactive ketones (excluding diaryl/α,β-unsaturated/α-hetero) is 1. The third-order valence-corrected chi connectivity index (χ3v) is 6.41. The smallest absolute Gasteiger partial charge is 0.422 e. The van der Waals surface area contributed by atoms with Crippen LogP contribution < -0.4 is 27.8 Å². The number of halogens is 3. The van der Waals surface area contributed by atoms with E-state index in [2.05, 4.69) is 10.1 Å². The van der Waals surface area contributed by atoms with Crippen LogP contribution in [0.4, 0.5) is 22.8 Å². The molecule has 3 rings (SSSR count). The van der Waals surface area contributed by atoms with Crippen molar-refractivity contribution in [3.63, 3.8) is 0 Å². The maximum atomic E-state index is 13.0. The third-order valence-electron chi connectivity index (χ3n) is 6.41. The van der Waals surface area contributed by atoms with Gasteiger partial charge >= 0.3 is 29.5 Å². The number of ether oxygens (including phenoxy) is 5. The summed E-state index contributed by atoms with van der Waals surface area (Å²) < 4.78 is 64.8. The van der Waals surface area contributed by atoms with Gasteiger partial charge in [0.15, 0.2) is 19.4 Å². The normalized spacial score (nSPS) is 12.9. The molecule has 0 aliphatic carbocycles. The maximum absolute atomic E-state index is 13.0. The molecule has 3 N–H and O–H groups in total. The standard InChI is InChI=1S/C13H17FN2O6.C11H16FN3O4.C11H14FNO5/c1-13(2,3)22-7-21-10(18)5-4-9(17)16-6-8(14)11(19)15-12(16)20;1-11(2,3)19-5-4-13-9(17)15-6-7(12)8(16)14-10(15)18;1-11(2,3)18-6-17-10(16)13-5-7(12)8(14)4-9(13)15/h6H,4-5,7H2,1-3H3,(H,15,19,20);6H,4-5H2,1-3H3,(H,13,17)(H,14,16,18);5H,4,6H2,1-3H3. The number of carbonyl (C=O) groups excluding carboxylic acids is 6. The monoisotopic (exact) mass is 848 g/mol. The molecule has 2 aromatic heterocycles. The maximum Gasteiger partial charge on any atom is 0.422 e. The summed E-state index contributed by atoms with van der Waals surface area (Å²) in [5.74, 6) is -6.94. The lowest BCUT2D eigenvalue weighted by molar-refractivity contribution is -0.167. The molecule has 0 saturated heterocycles. The lowest BCUT2D eigenvalue weighted by atomic mass is 10.2. The number of allylic oxidation sites excluding steroid dienone is 1. The topological polar surface area (TPSA) is 274 Å². The van der Waals surface area contributed by atoms with Gasteiger partial charge in [-0.2, -0.15) is 8.78 Å². The first-order valence-corrected chi connectivity index (χ1v) is 17.3. The van der Waals surface area contributed by atoms with E-state index in [0.29, 0.717) is 32.6 Å². The van der Waals surface area contributed by atoms with Gasteiger partial charge in [0.05, 0.1) is 54.8 Å². The molecule has 3 amide bonds. The number of aromatic nitrogens is 4. The molecule has 0 bridgehead atoms. The van der Waals surface area contributed by atoms with Gasteiger partial charge in [0.2, 0.25) is 29.2 Å². The van der Waals surface area contributed by atoms with Crippen LogP contribution >= 0.6 is 0 Å². The number of hydrogen-bond acceptors (Lipinski definition) is 15. The van der Waals surface area contributed by atoms with Crippen molar-refractivity contribution in [2.24, 2.45) is 0 Å². The molecule has 2 aromatic rings. The first kappa shape index (κ1) is 51.0. The highest BCUT2D eigenvalue weighted by atomic mass is 19.1. The second-order valence-corrected chi connectivity index (χ2v) is 14.8. The predicted octanol–water partition coefficient (Wildman–Crippen LogP) is 1.97. The summed E-state index contributed by atoms with van der Waals surface area (Å²) in [7, 11) is 0. The number of amides is 3. The average Bonchev–Trinajstić information content (AvgIpc) is 3.09. The van der Waals surface area contributed by atoms with Gasteiger partial charge in [0.25, 0.3) is 11.1 Å². The van der Waals surface area contributed by atoms with E-state index in [4.69, 9.17) is 18.9 Å². The number of H-pyrrole nitrogens is 2. The molecule has 3 heterocycles. The van der Waals surface area contributed by atoms with Crippen LogP contribution in [0.3, 0.4) is 0 Å². The Balaban J connectivity index is 0.000000445. The summed E-state index contributed by atoms with van der Waals surface area (Å²) in [6.07, 6.45) is -0.893. The van der Waals surface area contributed by atoms with E-state index in [9.17, 15) is 61.1 Å². The third kappa shape index (κ3) is 19.8. The zero-order chi connectivity index (χ0) is 45.5. The zero-order valence-corrected chi connectivity index (χ0v) is 33.8. The fraction of sp³-hybridized carbons (Fsp3) is 0.543. The van der Waals surface area contributed by atoms with Crippen LogP contribution in [0.25, 0.3) is 0 Å². The zero-order valence-electron chi connectivity index (χ0n) is 33.8. The van der Waals surface area contributed by atoms with Crippen molar-refractivity contribution in [3.05, 3.63) is 77.7 Å². The van der Waals surface area contributed by atoms with Gasteiger partial charge in [-0.15, -0.1) is 0 Å². The Kier molecular flexibility index (Phi) is 19.2. The van der Waals surface area contributed by atoms with E-state index < -0.39 is 93.3 Å². The number of ketones is 1. The molecule has 0 unspecified atom stereocenters. The number of esters is 1. The van der Waals surface area contributed by atoms with Gasteiger partial charge in [-0.1, -0.05) is 0 Å². The van der Waals surface area contributed by atoms with E-state index in [0.717, 1.165) is 0 Å². The molecule has 21 nitrogen and oxygen atoms in total. The van der Waals surface area contributed by atoms with Crippen molar-refractivity contribution in [1.29, 1.82) is 0 Å². The van der Waals surface area contributed by atoms with Crippen LogP contribution in [0.2, 0.25) is 0 Å². The fourth-order valence-corrected chi connectivity index (χ4v) is 3.55. The van der Waals surface area contributed by atoms with Crippen LogP contribution in [0.5, 0.6) is 0 Å². The molecule has 0 saturated carbocycles. The lowest BCUT2D eigenvalue weighted by Gasteiger charge is -2.22. The Morgan fingerprint density at radius 2 is 1.17 bits per heavy atom. The van der Waals surface area contributed by atoms with E-state index in [1.807, 2.05) is 20.8 Å². The van der Waals surface area contributed by atoms with Crippen molar-refractivity contribution < 1.29 is 65.6 Å². The summed E-state index contributed by atoms with van der Waals surface area (Å²) in [5.41, 5.74) is -5.77. The van der Waals surface area contributed by atoms with E-state index in [1.165, 1.54) is 0 Å². The second-order valence-electron chi connectivity index (χ2n) is 14.8. The quantitative estimate of drug-likeness (QED) is 0.133. The van der Waals surface area contributed by atoms with Gasteiger partial charge in [0.1, 0.15) is 0 Å². The number of carbonyl (C=O) groups is 6. The minimum atomic E-state index is -1.27. The highest BCUT2D eigenvalue weighted by Gasteiger charge is 2.31. The van der Waals surface area contributed by atoms with Gasteiger partial charge in [-0.05, 0) is 62.3 Å². The fourth-order valence-electron chi connectivity index (χ4n) is 3.55. The van der Waals surface area contributed by atoms with Crippen molar-refractivity contribution in [3.8, 4) is 0 Å². The van der Waals surface area contributed by atoms with Crippen LogP contribution in [-0.4, -0.2) is 103 Å². The van der Waals surface area contributed by atoms with Crippen LogP contribution in [0.15, 0.2) is 43.6 Å². The number of hydrogen-bond donors (Lipinski definition) is 3. The summed E-state index contributed by atoms with van der Waals surface area (Å²) in [5, 5.41) is 2.37. The van der Waals surface area contributed by atoms with Crippen LogP contribution in [0, 0.1) is 11.6 Å². The van der Waals surface area contributed by atoms with E-state index in [-0.39, 0.29) is 45.2 Å². The highest BCUT2D eigenvalue weighted by molar-refractivity contribution is 6.12. The molecule has 0 fully saturated rings. The number of aromatic amines is 2. The summed E-state index contributed by atoms with van der Waals surface area (Å²) in [4.78, 5) is 116. The summed E-state index contributed by atoms with van der Waals surface area (Å²) in [6.45, 7) is 16.0. The van der Waals surface area contributed by atoms with Gasteiger partial charge in [0, 0.05) is 13.0 Å². The minimum absolute atomic E-state index is 0.156. The molecule has 24 heteroatoms. The first-order valence-electron chi connectivity index (χ1n) is 17.3. The lowest BCUT2D eigenvalue weighted by Crippen LogP contribution is -2.42. The van der Waals surface area contributed by atoms with Crippen molar-refractivity contribution in [2.75, 3.05) is 26.7 Å². The van der Waals surface area contributed by atoms with Gasteiger partial charge in [-0.25, -0.2) is 37.6 Å². The number of rotatable bonds is 10. The Morgan fingerprint density at radius 1 is 0.695 bits per heavy atom. The number of nitrogens with one attached hydrogen (secondary N) is 3. The van der Waals surface area contributed by atoms with E-state index in [1.54, 1.807) is 51.5 Å². The van der Waals surface area contributed by atoms with Crippen molar-refractivity contribution in [2.45, 2.75) is 98.4 Å². The van der Waals surface area contributed by atoms with Gasteiger partial charge < -0.3 is 29.0 Å². The van der Waals surface area contributed by atoms with Gasteiger partial charge in [-0.3, -0.25) is 38.7 Å². The van der Waals surface area contributed by atoms with E-state index >= 15 is 0 Å². The molecule has 0 aromatic carbocycles. The first-order chi connectivity index (χ1) is 27.0. The summed E-state index contributed by atoms with van der Waals surface area (Å²) in [6, 6.07) is -0.836. The highest BCUT2D eigenvalue weighted by Crippen LogP contribution is 2.15. The molecule has 0 spiro atoms. The molecule has 1 aliphatic heterocycles. The Hall–Kier alpha value is -6.01.